The summed E-state index contributed by atoms with van der Waals surface area (Å²) in [4.78, 5) is 12.3. The molecule has 0 radical (unpaired) electrons. The number of rotatable bonds is 5. The summed E-state index contributed by atoms with van der Waals surface area (Å²) in [6.07, 6.45) is 0.413. The lowest BCUT2D eigenvalue weighted by Crippen LogP contribution is -2.12. The fourth-order valence-electron chi connectivity index (χ4n) is 3.25. The molecule has 0 unspecified atom stereocenters. The van der Waals surface area contributed by atoms with Crippen LogP contribution < -0.4 is 5.32 Å². The molecule has 2 aromatic heterocycles. The highest BCUT2D eigenvalue weighted by atomic mass is 32.2. The van der Waals surface area contributed by atoms with Crippen LogP contribution in [0.15, 0.2) is 53.7 Å². The molecule has 142 valence electrons. The number of nitrogens with one attached hydrogen (secondary N) is 1. The predicted molar refractivity (Wildman–Crippen MR) is 115 cm³/mol. The van der Waals surface area contributed by atoms with Gasteiger partial charge in [0.05, 0.1) is 5.52 Å². The Hall–Kier alpha value is -2.86. The van der Waals surface area contributed by atoms with Crippen molar-refractivity contribution in [3.63, 3.8) is 0 Å². The zero-order valence-electron chi connectivity index (χ0n) is 16.2. The number of fused-ring (bicyclic) bond motifs is 3. The van der Waals surface area contributed by atoms with Crippen molar-refractivity contribution in [3.8, 4) is 0 Å². The predicted octanol–water partition coefficient (Wildman–Crippen LogP) is 4.93. The van der Waals surface area contributed by atoms with Gasteiger partial charge in [-0.15, -0.1) is 10.2 Å². The van der Waals surface area contributed by atoms with Crippen molar-refractivity contribution in [3.05, 3.63) is 65.2 Å². The van der Waals surface area contributed by atoms with Crippen LogP contribution in [0.3, 0.4) is 0 Å². The molecule has 2 heterocycles. The van der Waals surface area contributed by atoms with E-state index in [2.05, 4.69) is 45.9 Å². The Morgan fingerprint density at radius 1 is 1.00 bits per heavy atom. The normalized spacial score (nSPS) is 11.2. The zero-order chi connectivity index (χ0) is 19.7. The van der Waals surface area contributed by atoms with Gasteiger partial charge in [0.25, 0.3) is 0 Å². The van der Waals surface area contributed by atoms with Gasteiger partial charge in [0.2, 0.25) is 5.91 Å². The molecular formula is C22H22N4OS. The van der Waals surface area contributed by atoms with Gasteiger partial charge in [-0.25, -0.2) is 0 Å². The van der Waals surface area contributed by atoms with Crippen molar-refractivity contribution >= 4 is 39.9 Å². The Balaban J connectivity index is 1.46. The molecule has 0 fully saturated rings. The van der Waals surface area contributed by atoms with Crippen molar-refractivity contribution in [2.75, 3.05) is 11.1 Å². The number of pyridine rings is 1. The third kappa shape index (κ3) is 3.60. The van der Waals surface area contributed by atoms with Gasteiger partial charge in [-0.2, -0.15) is 0 Å². The molecule has 0 aliphatic rings. The molecule has 0 saturated heterocycles. The van der Waals surface area contributed by atoms with E-state index >= 15 is 0 Å². The van der Waals surface area contributed by atoms with Gasteiger partial charge in [0.15, 0.2) is 10.8 Å². The summed E-state index contributed by atoms with van der Waals surface area (Å²) >= 11 is 1.55. The van der Waals surface area contributed by atoms with Crippen molar-refractivity contribution in [1.29, 1.82) is 0 Å². The van der Waals surface area contributed by atoms with Crippen LogP contribution in [0.4, 0.5) is 5.69 Å². The smallest absolute Gasteiger partial charge is 0.225 e. The van der Waals surface area contributed by atoms with Crippen molar-refractivity contribution in [2.24, 2.45) is 0 Å². The Morgan fingerprint density at radius 2 is 1.82 bits per heavy atom. The zero-order valence-corrected chi connectivity index (χ0v) is 17.0. The van der Waals surface area contributed by atoms with Crippen LogP contribution >= 0.6 is 11.8 Å². The van der Waals surface area contributed by atoms with Gasteiger partial charge in [-0.05, 0) is 61.7 Å². The van der Waals surface area contributed by atoms with E-state index in [0.717, 1.165) is 22.0 Å². The molecule has 4 aromatic rings. The number of anilines is 1. The van der Waals surface area contributed by atoms with Crippen LogP contribution in [-0.4, -0.2) is 26.3 Å². The molecule has 1 amide bonds. The first kappa shape index (κ1) is 18.5. The molecule has 0 aliphatic carbocycles. The molecular weight excluding hydrogens is 368 g/mol. The second-order valence-corrected chi connectivity index (χ2v) is 8.03. The lowest BCUT2D eigenvalue weighted by atomic mass is 10.1. The number of aromatic nitrogens is 3. The average molecular weight is 391 g/mol. The summed E-state index contributed by atoms with van der Waals surface area (Å²) in [6.45, 7) is 6.19. The molecule has 0 bridgehead atoms. The molecule has 0 atom stereocenters. The van der Waals surface area contributed by atoms with Crippen LogP contribution in [0.1, 0.15) is 23.1 Å². The lowest BCUT2D eigenvalue weighted by molar-refractivity contribution is -0.115. The van der Waals surface area contributed by atoms with Gasteiger partial charge >= 0.3 is 0 Å². The third-order valence-corrected chi connectivity index (χ3v) is 5.86. The summed E-state index contributed by atoms with van der Waals surface area (Å²) in [6, 6.07) is 16.3. The van der Waals surface area contributed by atoms with E-state index < -0.39 is 0 Å². The first-order valence-corrected chi connectivity index (χ1v) is 10.2. The Bertz CT molecular complexity index is 1180. The minimum absolute atomic E-state index is 0.00489. The minimum Gasteiger partial charge on any atom is -0.326 e. The summed E-state index contributed by atoms with van der Waals surface area (Å²) in [7, 11) is 0. The molecule has 6 heteroatoms. The fourth-order valence-corrected chi connectivity index (χ4v) is 4.14. The Morgan fingerprint density at radius 3 is 2.64 bits per heavy atom. The third-order valence-electron chi connectivity index (χ3n) is 4.92. The van der Waals surface area contributed by atoms with Crippen molar-refractivity contribution in [2.45, 2.75) is 32.3 Å². The lowest BCUT2D eigenvalue weighted by Gasteiger charge is -2.08. The molecule has 5 nitrogen and oxygen atoms in total. The highest BCUT2D eigenvalue weighted by Crippen LogP contribution is 2.26. The summed E-state index contributed by atoms with van der Waals surface area (Å²) in [5.41, 5.74) is 6.33. The Labute approximate surface area is 168 Å². The molecule has 2 aromatic carbocycles. The van der Waals surface area contributed by atoms with E-state index in [4.69, 9.17) is 0 Å². The Kier molecular flexibility index (Phi) is 5.05. The maximum atomic E-state index is 12.3. The molecule has 4 rings (SSSR count). The topological polar surface area (TPSA) is 59.3 Å². The monoisotopic (exact) mass is 390 g/mol. The molecule has 1 N–H and O–H groups in total. The van der Waals surface area contributed by atoms with Gasteiger partial charge in [-0.1, -0.05) is 36.0 Å². The number of carbonyl (C=O) groups is 1. The van der Waals surface area contributed by atoms with Crippen LogP contribution in [0, 0.1) is 20.8 Å². The number of carbonyl (C=O) groups excluding carboxylic acids is 1. The number of nitrogens with zero attached hydrogens (tertiary/aromatic N) is 3. The van der Waals surface area contributed by atoms with Gasteiger partial charge in [0, 0.05) is 23.2 Å². The number of aryl methyl sites for hydroxylation is 3. The van der Waals surface area contributed by atoms with Crippen molar-refractivity contribution in [1.82, 2.24) is 14.6 Å². The summed E-state index contributed by atoms with van der Waals surface area (Å²) in [5, 5.41) is 13.6. The highest BCUT2D eigenvalue weighted by molar-refractivity contribution is 7.99. The van der Waals surface area contributed by atoms with E-state index in [1.165, 1.54) is 22.1 Å². The molecule has 0 saturated carbocycles. The molecule has 0 aliphatic heterocycles. The minimum atomic E-state index is 0.00489. The van der Waals surface area contributed by atoms with E-state index in [1.807, 2.05) is 43.3 Å². The maximum Gasteiger partial charge on any atom is 0.225 e. The number of hydrogen-bond acceptors (Lipinski definition) is 4. The highest BCUT2D eigenvalue weighted by Gasteiger charge is 2.12. The maximum absolute atomic E-state index is 12.3. The van der Waals surface area contributed by atoms with Crippen LogP contribution in [0.25, 0.3) is 16.6 Å². The van der Waals surface area contributed by atoms with Crippen LogP contribution in [0.5, 0.6) is 0 Å². The number of amides is 1. The second-order valence-electron chi connectivity index (χ2n) is 6.97. The summed E-state index contributed by atoms with van der Waals surface area (Å²) in [5.74, 6) is 0.643. The van der Waals surface area contributed by atoms with Gasteiger partial charge in [0.1, 0.15) is 0 Å². The van der Waals surface area contributed by atoms with E-state index in [1.54, 1.807) is 11.8 Å². The molecule has 0 spiro atoms. The van der Waals surface area contributed by atoms with Crippen LogP contribution in [0.2, 0.25) is 0 Å². The largest absolute Gasteiger partial charge is 0.326 e. The standard InChI is InChI=1S/C22H22N4OS/c1-14-8-9-17(12-15(14)2)23-21(27)10-11-28-22-25-24-20-13-16(3)18-6-4-5-7-19(18)26(20)22/h4-9,12-13H,10-11H2,1-3H3,(H,23,27). The second kappa shape index (κ2) is 7.64. The van der Waals surface area contributed by atoms with Gasteiger partial charge < -0.3 is 5.32 Å². The van der Waals surface area contributed by atoms with E-state index in [9.17, 15) is 4.79 Å². The SMILES string of the molecule is Cc1ccc(NC(=O)CCSc2nnc3cc(C)c4ccccc4n23)cc1C. The average Bonchev–Trinajstić information content (AvgIpc) is 3.08. The van der Waals surface area contributed by atoms with Crippen molar-refractivity contribution < 1.29 is 4.79 Å². The van der Waals surface area contributed by atoms with Gasteiger partial charge in [-0.3, -0.25) is 9.20 Å². The van der Waals surface area contributed by atoms with Crippen LogP contribution in [-0.2, 0) is 4.79 Å². The fraction of sp³-hybridized carbons (Fsp3) is 0.227. The first-order chi connectivity index (χ1) is 13.5. The number of benzene rings is 2. The quantitative estimate of drug-likeness (QED) is 0.491. The summed E-state index contributed by atoms with van der Waals surface area (Å²) < 4.78 is 2.06. The first-order valence-electron chi connectivity index (χ1n) is 9.26. The van der Waals surface area contributed by atoms with E-state index in [0.29, 0.717) is 12.2 Å². The number of hydrogen-bond donors (Lipinski definition) is 1. The molecule has 28 heavy (non-hydrogen) atoms. The number of para-hydroxylation sites is 1. The van der Waals surface area contributed by atoms with E-state index in [-0.39, 0.29) is 5.91 Å². The number of thioether (sulfide) groups is 1.